The predicted molar refractivity (Wildman–Crippen MR) is 117 cm³/mol. The van der Waals surface area contributed by atoms with E-state index in [1.54, 1.807) is 0 Å². The van der Waals surface area contributed by atoms with Gasteiger partial charge in [0.2, 0.25) is 0 Å². The van der Waals surface area contributed by atoms with Gasteiger partial charge in [-0.3, -0.25) is 4.79 Å². The molecule has 4 rings (SSSR count). The highest BCUT2D eigenvalue weighted by Gasteiger charge is 2.15. The monoisotopic (exact) mass is 393 g/mol. The fourth-order valence-electron chi connectivity index (χ4n) is 3.67. The SMILES string of the molecule is NCCc1ccc(-c2c(CNCCO)ccc3[nH]c(=O)c4sccc4c23)cc1. The highest BCUT2D eigenvalue weighted by Crippen LogP contribution is 2.36. The smallest absolute Gasteiger partial charge is 0.266 e. The molecule has 28 heavy (non-hydrogen) atoms. The van der Waals surface area contributed by atoms with E-state index in [9.17, 15) is 4.79 Å². The first-order valence-electron chi connectivity index (χ1n) is 9.39. The van der Waals surface area contributed by atoms with Crippen molar-refractivity contribution < 1.29 is 5.11 Å². The number of rotatable bonds is 7. The fourth-order valence-corrected chi connectivity index (χ4v) is 4.47. The third kappa shape index (κ3) is 3.47. The Balaban J connectivity index is 1.97. The molecule has 0 atom stereocenters. The van der Waals surface area contributed by atoms with Gasteiger partial charge < -0.3 is 21.1 Å². The maximum absolute atomic E-state index is 12.4. The Morgan fingerprint density at radius 2 is 1.93 bits per heavy atom. The summed E-state index contributed by atoms with van der Waals surface area (Å²) < 4.78 is 0.744. The second-order valence-electron chi connectivity index (χ2n) is 6.78. The molecule has 4 aromatic rings. The summed E-state index contributed by atoms with van der Waals surface area (Å²) in [6.45, 7) is 1.90. The van der Waals surface area contributed by atoms with E-state index in [1.807, 2.05) is 23.6 Å². The van der Waals surface area contributed by atoms with Gasteiger partial charge in [-0.25, -0.2) is 0 Å². The first kappa shape index (κ1) is 18.8. The van der Waals surface area contributed by atoms with Crippen LogP contribution >= 0.6 is 11.3 Å². The molecule has 0 saturated heterocycles. The number of H-pyrrole nitrogens is 1. The number of hydrogen-bond donors (Lipinski definition) is 4. The van der Waals surface area contributed by atoms with Crippen molar-refractivity contribution in [3.8, 4) is 11.1 Å². The maximum Gasteiger partial charge on any atom is 0.266 e. The second kappa shape index (κ2) is 8.24. The van der Waals surface area contributed by atoms with E-state index in [1.165, 1.54) is 16.9 Å². The van der Waals surface area contributed by atoms with Crippen LogP contribution in [0.15, 0.2) is 52.6 Å². The van der Waals surface area contributed by atoms with Crippen molar-refractivity contribution in [2.45, 2.75) is 13.0 Å². The van der Waals surface area contributed by atoms with E-state index in [0.29, 0.717) is 19.6 Å². The molecule has 0 fully saturated rings. The van der Waals surface area contributed by atoms with E-state index < -0.39 is 0 Å². The van der Waals surface area contributed by atoms with Gasteiger partial charge in [0.05, 0.1) is 6.61 Å². The molecule has 5 nitrogen and oxygen atoms in total. The molecule has 144 valence electrons. The number of aromatic amines is 1. The van der Waals surface area contributed by atoms with Gasteiger partial charge in [0.25, 0.3) is 5.56 Å². The topological polar surface area (TPSA) is 91.1 Å². The number of hydrogen-bond acceptors (Lipinski definition) is 5. The number of nitrogens with two attached hydrogens (primary N) is 1. The molecule has 0 saturated carbocycles. The number of benzene rings is 2. The Labute approximate surface area is 166 Å². The number of pyridine rings is 1. The number of fused-ring (bicyclic) bond motifs is 3. The lowest BCUT2D eigenvalue weighted by molar-refractivity contribution is 0.292. The lowest BCUT2D eigenvalue weighted by Gasteiger charge is -2.15. The zero-order chi connectivity index (χ0) is 19.5. The summed E-state index contributed by atoms with van der Waals surface area (Å²) in [6, 6.07) is 14.5. The summed E-state index contributed by atoms with van der Waals surface area (Å²) in [4.78, 5) is 15.4. The minimum atomic E-state index is -0.0482. The van der Waals surface area contributed by atoms with Crippen molar-refractivity contribution >= 4 is 32.3 Å². The molecule has 6 heteroatoms. The zero-order valence-electron chi connectivity index (χ0n) is 15.5. The van der Waals surface area contributed by atoms with Gasteiger partial charge in [0, 0.05) is 29.4 Å². The van der Waals surface area contributed by atoms with Gasteiger partial charge in [0.15, 0.2) is 0 Å². The number of thiophene rings is 1. The maximum atomic E-state index is 12.4. The average molecular weight is 394 g/mol. The van der Waals surface area contributed by atoms with E-state index in [0.717, 1.165) is 44.1 Å². The van der Waals surface area contributed by atoms with Crippen LogP contribution in [0.3, 0.4) is 0 Å². The van der Waals surface area contributed by atoms with Crippen LogP contribution < -0.4 is 16.6 Å². The Morgan fingerprint density at radius 3 is 2.68 bits per heavy atom. The second-order valence-corrected chi connectivity index (χ2v) is 7.69. The molecule has 5 N–H and O–H groups in total. The molecule has 0 amide bonds. The van der Waals surface area contributed by atoms with E-state index in [-0.39, 0.29) is 12.2 Å². The normalized spacial score (nSPS) is 11.5. The minimum absolute atomic E-state index is 0.0482. The molecule has 0 aliphatic heterocycles. The molecule has 0 aliphatic carbocycles. The molecule has 2 aromatic carbocycles. The minimum Gasteiger partial charge on any atom is -0.395 e. The molecule has 0 unspecified atom stereocenters. The van der Waals surface area contributed by atoms with Gasteiger partial charge in [-0.2, -0.15) is 0 Å². The van der Waals surface area contributed by atoms with Crippen molar-refractivity contribution in [1.29, 1.82) is 0 Å². The van der Waals surface area contributed by atoms with Crippen LogP contribution in [0.5, 0.6) is 0 Å². The third-order valence-corrected chi connectivity index (χ3v) is 5.87. The Kier molecular flexibility index (Phi) is 5.54. The van der Waals surface area contributed by atoms with Crippen LogP contribution in [0.2, 0.25) is 0 Å². The zero-order valence-corrected chi connectivity index (χ0v) is 16.3. The molecule has 0 bridgehead atoms. The third-order valence-electron chi connectivity index (χ3n) is 4.96. The largest absolute Gasteiger partial charge is 0.395 e. The lowest BCUT2D eigenvalue weighted by Crippen LogP contribution is -2.18. The van der Waals surface area contributed by atoms with Crippen LogP contribution in [0.4, 0.5) is 0 Å². The summed E-state index contributed by atoms with van der Waals surface area (Å²) in [6.07, 6.45) is 0.850. The van der Waals surface area contributed by atoms with Crippen molar-refractivity contribution in [3.05, 3.63) is 69.3 Å². The lowest BCUT2D eigenvalue weighted by atomic mass is 9.92. The van der Waals surface area contributed by atoms with E-state index in [4.69, 9.17) is 10.8 Å². The molecule has 0 spiro atoms. The summed E-state index contributed by atoms with van der Waals surface area (Å²) in [5.41, 5.74) is 11.0. The molecular weight excluding hydrogens is 370 g/mol. The predicted octanol–water partition coefficient (Wildman–Crippen LogP) is 2.99. The number of aliphatic hydroxyl groups is 1. The average Bonchev–Trinajstić information content (AvgIpc) is 3.20. The number of aromatic nitrogens is 1. The van der Waals surface area contributed by atoms with Gasteiger partial charge in [-0.15, -0.1) is 11.3 Å². The highest BCUT2D eigenvalue weighted by atomic mass is 32.1. The molecule has 0 radical (unpaired) electrons. The summed E-state index contributed by atoms with van der Waals surface area (Å²) in [5.74, 6) is 0. The van der Waals surface area contributed by atoms with Crippen LogP contribution in [0.1, 0.15) is 11.1 Å². The molecule has 2 aromatic heterocycles. The van der Waals surface area contributed by atoms with Gasteiger partial charge >= 0.3 is 0 Å². The first-order chi connectivity index (χ1) is 13.7. The van der Waals surface area contributed by atoms with Crippen molar-refractivity contribution in [1.82, 2.24) is 10.3 Å². The van der Waals surface area contributed by atoms with Crippen LogP contribution in [0, 0.1) is 0 Å². The Bertz CT molecular complexity index is 1160. The summed E-state index contributed by atoms with van der Waals surface area (Å²) >= 11 is 1.46. The van der Waals surface area contributed by atoms with Gasteiger partial charge in [-0.1, -0.05) is 30.3 Å². The summed E-state index contributed by atoms with van der Waals surface area (Å²) in [7, 11) is 0. The van der Waals surface area contributed by atoms with E-state index in [2.05, 4.69) is 34.6 Å². The number of nitrogens with one attached hydrogen (secondary N) is 2. The van der Waals surface area contributed by atoms with Crippen LogP contribution in [-0.2, 0) is 13.0 Å². The van der Waals surface area contributed by atoms with E-state index >= 15 is 0 Å². The standard InChI is InChI=1S/C22H23N3O2S/c23-9-7-14-1-3-15(4-2-14)19-16(13-24-10-11-26)5-6-18-20(19)17-8-12-28-21(17)22(27)25-18/h1-6,8,12,24,26H,7,9-11,13,23H2,(H,25,27). The first-order valence-corrected chi connectivity index (χ1v) is 10.3. The summed E-state index contributed by atoms with van der Waals surface area (Å²) in [5, 5.41) is 16.4. The number of aliphatic hydroxyl groups excluding tert-OH is 1. The Morgan fingerprint density at radius 1 is 1.11 bits per heavy atom. The quantitative estimate of drug-likeness (QED) is 0.363. The molecule has 2 heterocycles. The van der Waals surface area contributed by atoms with Crippen LogP contribution in [0.25, 0.3) is 32.1 Å². The molecular formula is C22H23N3O2S. The van der Waals surface area contributed by atoms with Gasteiger partial charge in [-0.05, 0) is 52.7 Å². The van der Waals surface area contributed by atoms with Crippen molar-refractivity contribution in [2.75, 3.05) is 19.7 Å². The van der Waals surface area contributed by atoms with Crippen molar-refractivity contribution in [2.24, 2.45) is 5.73 Å². The van der Waals surface area contributed by atoms with Gasteiger partial charge in [0.1, 0.15) is 4.70 Å². The molecule has 0 aliphatic rings. The van der Waals surface area contributed by atoms with Crippen molar-refractivity contribution in [3.63, 3.8) is 0 Å². The highest BCUT2D eigenvalue weighted by molar-refractivity contribution is 7.17. The van der Waals surface area contributed by atoms with Crippen LogP contribution in [-0.4, -0.2) is 29.8 Å². The fraction of sp³-hybridized carbons (Fsp3) is 0.227. The Hall–Kier alpha value is -2.51.